The van der Waals surface area contributed by atoms with Crippen molar-refractivity contribution in [3.63, 3.8) is 0 Å². The van der Waals surface area contributed by atoms with Crippen LogP contribution in [0.15, 0.2) is 18.2 Å². The van der Waals surface area contributed by atoms with E-state index in [1.54, 1.807) is 32.6 Å². The van der Waals surface area contributed by atoms with E-state index in [0.717, 1.165) is 48.8 Å². The summed E-state index contributed by atoms with van der Waals surface area (Å²) >= 11 is 0. The second-order valence-corrected chi connectivity index (χ2v) is 10.7. The number of nitrogens with one attached hydrogen (secondary N) is 2. The number of alkyl carbamates (subject to hydrolysis) is 1. The van der Waals surface area contributed by atoms with Gasteiger partial charge >= 0.3 is 6.09 Å². The number of carbonyl (C=O) groups excluding carboxylic acids is 3. The van der Waals surface area contributed by atoms with E-state index in [2.05, 4.69) is 17.6 Å². The summed E-state index contributed by atoms with van der Waals surface area (Å²) in [5, 5.41) is 5.66. The van der Waals surface area contributed by atoms with Gasteiger partial charge < -0.3 is 20.3 Å². The zero-order chi connectivity index (χ0) is 26.8. The largest absolute Gasteiger partial charge is 0.444 e. The lowest BCUT2D eigenvalue weighted by Crippen LogP contribution is -2.52. The lowest BCUT2D eigenvalue weighted by Gasteiger charge is -2.35. The predicted octanol–water partition coefficient (Wildman–Crippen LogP) is 5.58. The highest BCUT2D eigenvalue weighted by Gasteiger charge is 2.35. The monoisotopic (exact) mass is 489 g/mol. The normalized spacial score (nSPS) is 13.2. The lowest BCUT2D eigenvalue weighted by molar-refractivity contribution is -0.142. The third-order valence-electron chi connectivity index (χ3n) is 5.82. The molecule has 0 fully saturated rings. The first-order valence-electron chi connectivity index (χ1n) is 12.9. The number of amides is 3. The maximum absolute atomic E-state index is 13.7. The van der Waals surface area contributed by atoms with Crippen LogP contribution in [0.1, 0.15) is 103 Å². The molecule has 0 spiro atoms. The van der Waals surface area contributed by atoms with Gasteiger partial charge in [-0.25, -0.2) is 4.79 Å². The summed E-state index contributed by atoms with van der Waals surface area (Å²) in [6, 6.07) is 4.11. The van der Waals surface area contributed by atoms with E-state index >= 15 is 0 Å². The molecule has 0 aromatic heterocycles. The third kappa shape index (κ3) is 10.3. The molecule has 0 aliphatic heterocycles. The molecule has 0 bridgehead atoms. The molecule has 0 heterocycles. The molecule has 0 saturated heterocycles. The Hall–Kier alpha value is -2.57. The molecule has 1 aromatic carbocycles. The number of unbranched alkanes of at least 4 members (excludes halogenated alkanes) is 4. The van der Waals surface area contributed by atoms with E-state index in [0.29, 0.717) is 6.54 Å². The average Bonchev–Trinajstić information content (AvgIpc) is 2.72. The van der Waals surface area contributed by atoms with Gasteiger partial charge in [0, 0.05) is 12.6 Å². The van der Waals surface area contributed by atoms with Gasteiger partial charge in [-0.2, -0.15) is 0 Å². The summed E-state index contributed by atoms with van der Waals surface area (Å²) in [6.45, 7) is 17.3. The Morgan fingerprint density at radius 3 is 2.17 bits per heavy atom. The van der Waals surface area contributed by atoms with Crippen molar-refractivity contribution in [2.45, 2.75) is 118 Å². The zero-order valence-electron chi connectivity index (χ0n) is 23.3. The molecule has 7 nitrogen and oxygen atoms in total. The quantitative estimate of drug-likeness (QED) is 0.375. The maximum atomic E-state index is 13.7. The number of rotatable bonds is 12. The minimum atomic E-state index is -0.847. The molecule has 0 saturated carbocycles. The molecule has 198 valence electrons. The molecule has 2 unspecified atom stereocenters. The topological polar surface area (TPSA) is 87.7 Å². The van der Waals surface area contributed by atoms with Gasteiger partial charge in [0.05, 0.1) is 0 Å². The number of hydrogen-bond donors (Lipinski definition) is 2. The van der Waals surface area contributed by atoms with Crippen molar-refractivity contribution in [3.8, 4) is 0 Å². The first-order valence-corrected chi connectivity index (χ1v) is 12.9. The smallest absolute Gasteiger partial charge is 0.408 e. The Morgan fingerprint density at radius 2 is 1.60 bits per heavy atom. The minimum absolute atomic E-state index is 0.0751. The summed E-state index contributed by atoms with van der Waals surface area (Å²) in [5.74, 6) is -0.531. The molecule has 1 rings (SSSR count). The van der Waals surface area contributed by atoms with Crippen LogP contribution in [0.2, 0.25) is 0 Å². The molecule has 1 aromatic rings. The van der Waals surface area contributed by atoms with Crippen molar-refractivity contribution in [3.05, 3.63) is 34.9 Å². The summed E-state index contributed by atoms with van der Waals surface area (Å²) in [7, 11) is 0. The van der Waals surface area contributed by atoms with Crippen molar-refractivity contribution in [1.29, 1.82) is 0 Å². The van der Waals surface area contributed by atoms with Crippen molar-refractivity contribution < 1.29 is 19.1 Å². The highest BCUT2D eigenvalue weighted by Crippen LogP contribution is 2.28. The Balaban J connectivity index is 3.35. The molecule has 0 aliphatic carbocycles. The Labute approximate surface area is 212 Å². The first kappa shape index (κ1) is 30.5. The van der Waals surface area contributed by atoms with Gasteiger partial charge in [-0.05, 0) is 78.5 Å². The fourth-order valence-electron chi connectivity index (χ4n) is 3.93. The summed E-state index contributed by atoms with van der Waals surface area (Å²) < 4.78 is 5.34. The van der Waals surface area contributed by atoms with Crippen LogP contribution in [0.3, 0.4) is 0 Å². The van der Waals surface area contributed by atoms with Crippen molar-refractivity contribution in [2.75, 3.05) is 6.54 Å². The number of hydrogen-bond acceptors (Lipinski definition) is 4. The van der Waals surface area contributed by atoms with Gasteiger partial charge in [-0.1, -0.05) is 50.8 Å². The van der Waals surface area contributed by atoms with Crippen molar-refractivity contribution in [2.24, 2.45) is 0 Å². The van der Waals surface area contributed by atoms with Crippen LogP contribution in [-0.2, 0) is 14.3 Å². The number of carbonyl (C=O) groups is 3. The Morgan fingerprint density at radius 1 is 0.971 bits per heavy atom. The highest BCUT2D eigenvalue weighted by molar-refractivity contribution is 5.92. The number of nitrogens with zero attached hydrogens (tertiary/aromatic N) is 1. The molecule has 3 amide bonds. The van der Waals surface area contributed by atoms with Crippen LogP contribution >= 0.6 is 0 Å². The SMILES string of the molecule is CCCCCCCN(C(=O)C(C)NC(=O)OC(C)(C)C)C(C(=O)NC(C)C)c1cccc(C)c1C. The fourth-order valence-corrected chi connectivity index (χ4v) is 3.93. The van der Waals surface area contributed by atoms with E-state index < -0.39 is 23.8 Å². The van der Waals surface area contributed by atoms with Crippen molar-refractivity contribution >= 4 is 17.9 Å². The molecule has 2 atom stereocenters. The van der Waals surface area contributed by atoms with Crippen LogP contribution in [0.4, 0.5) is 4.79 Å². The van der Waals surface area contributed by atoms with Crippen molar-refractivity contribution in [1.82, 2.24) is 15.5 Å². The zero-order valence-corrected chi connectivity index (χ0v) is 23.3. The van der Waals surface area contributed by atoms with Gasteiger partial charge in [-0.15, -0.1) is 0 Å². The van der Waals surface area contributed by atoms with Gasteiger partial charge in [-0.3, -0.25) is 9.59 Å². The number of aryl methyl sites for hydroxylation is 1. The van der Waals surface area contributed by atoms with Gasteiger partial charge in [0.25, 0.3) is 0 Å². The summed E-state index contributed by atoms with van der Waals surface area (Å²) in [6.07, 6.45) is 4.44. The second-order valence-electron chi connectivity index (χ2n) is 10.7. The van der Waals surface area contributed by atoms with E-state index in [1.807, 2.05) is 45.9 Å². The molecular formula is C28H47N3O4. The van der Waals surface area contributed by atoms with Crippen LogP contribution in [0.5, 0.6) is 0 Å². The highest BCUT2D eigenvalue weighted by atomic mass is 16.6. The maximum Gasteiger partial charge on any atom is 0.408 e. The third-order valence-corrected chi connectivity index (χ3v) is 5.82. The summed E-state index contributed by atoms with van der Waals surface area (Å²) in [5.41, 5.74) is 2.16. The predicted molar refractivity (Wildman–Crippen MR) is 141 cm³/mol. The van der Waals surface area contributed by atoms with Crippen LogP contribution in [-0.4, -0.2) is 47.0 Å². The van der Waals surface area contributed by atoms with E-state index in [9.17, 15) is 14.4 Å². The molecule has 2 N–H and O–H groups in total. The first-order chi connectivity index (χ1) is 16.3. The van der Waals surface area contributed by atoms with Gasteiger partial charge in [0.2, 0.25) is 11.8 Å². The van der Waals surface area contributed by atoms with Crippen LogP contribution in [0.25, 0.3) is 0 Å². The van der Waals surface area contributed by atoms with Gasteiger partial charge in [0.15, 0.2) is 0 Å². The van der Waals surface area contributed by atoms with Crippen LogP contribution in [0, 0.1) is 13.8 Å². The van der Waals surface area contributed by atoms with E-state index in [1.165, 1.54) is 0 Å². The second kappa shape index (κ2) is 14.1. The number of ether oxygens (including phenoxy) is 1. The molecule has 0 aliphatic rings. The average molecular weight is 490 g/mol. The molecular weight excluding hydrogens is 442 g/mol. The molecule has 0 radical (unpaired) electrons. The lowest BCUT2D eigenvalue weighted by atomic mass is 9.94. The fraction of sp³-hybridized carbons (Fsp3) is 0.679. The van der Waals surface area contributed by atoms with Gasteiger partial charge in [0.1, 0.15) is 17.7 Å². The standard InChI is InChI=1S/C28H47N3O4/c1-10-11-12-13-14-18-31(26(33)22(6)30-27(34)35-28(7,8)9)24(25(32)29-19(2)3)23-17-15-16-20(4)21(23)5/h15-17,19,22,24H,10-14,18H2,1-9H3,(H,29,32)(H,30,34). The Kier molecular flexibility index (Phi) is 12.3. The van der Waals surface area contributed by atoms with E-state index in [4.69, 9.17) is 4.74 Å². The number of benzene rings is 1. The molecule has 7 heteroatoms. The van der Waals surface area contributed by atoms with E-state index in [-0.39, 0.29) is 17.9 Å². The molecule has 35 heavy (non-hydrogen) atoms. The summed E-state index contributed by atoms with van der Waals surface area (Å²) in [4.78, 5) is 41.3. The van der Waals surface area contributed by atoms with Crippen LogP contribution < -0.4 is 10.6 Å². The Bertz CT molecular complexity index is 845. The minimum Gasteiger partial charge on any atom is -0.444 e.